The zero-order valence-electron chi connectivity index (χ0n) is 13.0. The van der Waals surface area contributed by atoms with Gasteiger partial charge in [0.1, 0.15) is 0 Å². The van der Waals surface area contributed by atoms with Crippen LogP contribution in [0.5, 0.6) is 0 Å². The Kier molecular flexibility index (Phi) is 6.46. The molecule has 1 aromatic carbocycles. The standard InChI is InChI=1S/C18H24BrNS/c1-13(2)12-15-4-6-16(7-5-15)14(3)20-11-10-17-8-9-18(19)21-17/h4-9,13-14,20H,10-12H2,1-3H3. The summed E-state index contributed by atoms with van der Waals surface area (Å²) in [7, 11) is 0. The molecule has 1 aromatic heterocycles. The van der Waals surface area contributed by atoms with Crippen LogP contribution in [0.2, 0.25) is 0 Å². The fraction of sp³-hybridized carbons (Fsp3) is 0.444. The quantitative estimate of drug-likeness (QED) is 0.672. The number of hydrogen-bond acceptors (Lipinski definition) is 2. The lowest BCUT2D eigenvalue weighted by molar-refractivity contribution is 0.578. The summed E-state index contributed by atoms with van der Waals surface area (Å²) in [5.41, 5.74) is 2.80. The number of hydrogen-bond donors (Lipinski definition) is 1. The predicted octanol–water partition coefficient (Wildman–Crippen LogP) is 5.60. The van der Waals surface area contributed by atoms with Crippen LogP contribution >= 0.6 is 27.3 Å². The summed E-state index contributed by atoms with van der Waals surface area (Å²) >= 11 is 5.33. The molecule has 21 heavy (non-hydrogen) atoms. The molecular formula is C18H24BrNS. The first kappa shape index (κ1) is 16.7. The summed E-state index contributed by atoms with van der Waals surface area (Å²) in [6.45, 7) is 7.78. The lowest BCUT2D eigenvalue weighted by atomic mass is 10.00. The van der Waals surface area contributed by atoms with E-state index in [0.29, 0.717) is 6.04 Å². The molecule has 0 aliphatic carbocycles. The van der Waals surface area contributed by atoms with Crippen molar-refractivity contribution in [3.8, 4) is 0 Å². The Morgan fingerprint density at radius 1 is 1.05 bits per heavy atom. The molecule has 0 radical (unpaired) electrons. The lowest BCUT2D eigenvalue weighted by Crippen LogP contribution is -2.21. The second kappa shape index (κ2) is 8.11. The van der Waals surface area contributed by atoms with E-state index in [-0.39, 0.29) is 0 Å². The average molecular weight is 366 g/mol. The zero-order chi connectivity index (χ0) is 15.2. The second-order valence-electron chi connectivity index (χ2n) is 5.97. The Bertz CT molecular complexity index is 545. The van der Waals surface area contributed by atoms with Gasteiger partial charge in [0.15, 0.2) is 0 Å². The van der Waals surface area contributed by atoms with E-state index in [1.165, 1.54) is 19.8 Å². The van der Waals surface area contributed by atoms with Crippen LogP contribution in [-0.4, -0.2) is 6.54 Å². The minimum Gasteiger partial charge on any atom is -0.310 e. The van der Waals surface area contributed by atoms with Crippen LogP contribution in [0.4, 0.5) is 0 Å². The van der Waals surface area contributed by atoms with E-state index >= 15 is 0 Å². The van der Waals surface area contributed by atoms with Gasteiger partial charge in [0, 0.05) is 17.5 Å². The topological polar surface area (TPSA) is 12.0 Å². The van der Waals surface area contributed by atoms with Gasteiger partial charge in [-0.25, -0.2) is 0 Å². The van der Waals surface area contributed by atoms with Crippen molar-refractivity contribution in [2.45, 2.75) is 39.7 Å². The Morgan fingerprint density at radius 2 is 1.76 bits per heavy atom. The van der Waals surface area contributed by atoms with E-state index in [0.717, 1.165) is 25.3 Å². The molecule has 0 bridgehead atoms. The molecule has 3 heteroatoms. The maximum Gasteiger partial charge on any atom is 0.0701 e. The van der Waals surface area contributed by atoms with Crippen molar-refractivity contribution in [3.63, 3.8) is 0 Å². The van der Waals surface area contributed by atoms with Crippen LogP contribution in [0.15, 0.2) is 40.2 Å². The van der Waals surface area contributed by atoms with E-state index in [2.05, 4.69) is 78.4 Å². The fourth-order valence-electron chi connectivity index (χ4n) is 2.43. The first-order valence-corrected chi connectivity index (χ1v) is 9.22. The van der Waals surface area contributed by atoms with Crippen LogP contribution in [-0.2, 0) is 12.8 Å². The molecule has 114 valence electrons. The minimum atomic E-state index is 0.404. The molecule has 0 fully saturated rings. The predicted molar refractivity (Wildman–Crippen MR) is 97.1 cm³/mol. The molecule has 0 saturated heterocycles. The molecule has 1 unspecified atom stereocenters. The van der Waals surface area contributed by atoms with Gasteiger partial charge in [-0.15, -0.1) is 11.3 Å². The number of thiophene rings is 1. The molecule has 1 atom stereocenters. The first-order chi connectivity index (χ1) is 10.0. The van der Waals surface area contributed by atoms with Gasteiger partial charge in [-0.3, -0.25) is 0 Å². The fourth-order valence-corrected chi connectivity index (χ4v) is 3.91. The number of halogens is 1. The normalized spacial score (nSPS) is 12.8. The second-order valence-corrected chi connectivity index (χ2v) is 8.52. The van der Waals surface area contributed by atoms with Crippen molar-refractivity contribution in [1.82, 2.24) is 5.32 Å². The van der Waals surface area contributed by atoms with Gasteiger partial charge >= 0.3 is 0 Å². The van der Waals surface area contributed by atoms with Gasteiger partial charge in [0.25, 0.3) is 0 Å². The molecule has 0 amide bonds. The Labute approximate surface area is 140 Å². The van der Waals surface area contributed by atoms with Gasteiger partial charge in [-0.2, -0.15) is 0 Å². The van der Waals surface area contributed by atoms with Gasteiger partial charge in [0.2, 0.25) is 0 Å². The summed E-state index contributed by atoms with van der Waals surface area (Å²) in [5.74, 6) is 0.719. The maximum absolute atomic E-state index is 3.61. The molecule has 1 heterocycles. The summed E-state index contributed by atoms with van der Waals surface area (Å²) in [5, 5.41) is 3.61. The SMILES string of the molecule is CC(C)Cc1ccc(C(C)NCCc2ccc(Br)s2)cc1. The third-order valence-corrected chi connectivity index (χ3v) is 5.26. The van der Waals surface area contributed by atoms with Gasteiger partial charge in [-0.1, -0.05) is 38.1 Å². The van der Waals surface area contributed by atoms with Crippen molar-refractivity contribution in [2.75, 3.05) is 6.54 Å². The highest BCUT2D eigenvalue weighted by Crippen LogP contribution is 2.22. The Balaban J connectivity index is 1.81. The molecule has 0 spiro atoms. The van der Waals surface area contributed by atoms with Crippen LogP contribution < -0.4 is 5.32 Å². The summed E-state index contributed by atoms with van der Waals surface area (Å²) < 4.78 is 1.21. The van der Waals surface area contributed by atoms with E-state index in [1.807, 2.05) is 11.3 Å². The van der Waals surface area contributed by atoms with Crippen molar-refractivity contribution >= 4 is 27.3 Å². The zero-order valence-corrected chi connectivity index (χ0v) is 15.4. The van der Waals surface area contributed by atoms with Crippen LogP contribution in [0, 0.1) is 5.92 Å². The summed E-state index contributed by atoms with van der Waals surface area (Å²) in [4.78, 5) is 1.42. The first-order valence-electron chi connectivity index (χ1n) is 7.61. The molecular weight excluding hydrogens is 342 g/mol. The van der Waals surface area contributed by atoms with Gasteiger partial charge < -0.3 is 5.32 Å². The van der Waals surface area contributed by atoms with Crippen molar-refractivity contribution in [1.29, 1.82) is 0 Å². The van der Waals surface area contributed by atoms with Crippen molar-refractivity contribution in [2.24, 2.45) is 5.92 Å². The van der Waals surface area contributed by atoms with Crippen LogP contribution in [0.25, 0.3) is 0 Å². The monoisotopic (exact) mass is 365 g/mol. The molecule has 2 aromatic rings. The van der Waals surface area contributed by atoms with E-state index in [4.69, 9.17) is 0 Å². The smallest absolute Gasteiger partial charge is 0.0701 e. The molecule has 0 aliphatic rings. The Hall–Kier alpha value is -0.640. The highest BCUT2D eigenvalue weighted by Gasteiger charge is 2.06. The molecule has 0 aliphatic heterocycles. The number of rotatable bonds is 7. The lowest BCUT2D eigenvalue weighted by Gasteiger charge is -2.15. The number of nitrogens with one attached hydrogen (secondary N) is 1. The number of benzene rings is 1. The van der Waals surface area contributed by atoms with Crippen molar-refractivity contribution < 1.29 is 0 Å². The van der Waals surface area contributed by atoms with E-state index in [9.17, 15) is 0 Å². The minimum absolute atomic E-state index is 0.404. The van der Waals surface area contributed by atoms with E-state index in [1.54, 1.807) is 0 Å². The molecule has 1 nitrogen and oxygen atoms in total. The highest BCUT2D eigenvalue weighted by molar-refractivity contribution is 9.11. The largest absolute Gasteiger partial charge is 0.310 e. The van der Waals surface area contributed by atoms with Gasteiger partial charge in [-0.05, 0) is 64.9 Å². The highest BCUT2D eigenvalue weighted by atomic mass is 79.9. The van der Waals surface area contributed by atoms with Crippen LogP contribution in [0.1, 0.15) is 42.8 Å². The van der Waals surface area contributed by atoms with E-state index < -0.39 is 0 Å². The molecule has 0 saturated carbocycles. The van der Waals surface area contributed by atoms with Crippen molar-refractivity contribution in [3.05, 3.63) is 56.2 Å². The maximum atomic E-state index is 3.61. The third-order valence-electron chi connectivity index (χ3n) is 3.57. The summed E-state index contributed by atoms with van der Waals surface area (Å²) in [6.07, 6.45) is 2.25. The summed E-state index contributed by atoms with van der Waals surface area (Å²) in [6, 6.07) is 13.8. The molecule has 1 N–H and O–H groups in total. The molecule has 2 rings (SSSR count). The van der Waals surface area contributed by atoms with Crippen LogP contribution in [0.3, 0.4) is 0 Å². The van der Waals surface area contributed by atoms with Gasteiger partial charge in [0.05, 0.1) is 3.79 Å². The third kappa shape index (κ3) is 5.57. The average Bonchev–Trinajstić information content (AvgIpc) is 2.84. The Morgan fingerprint density at radius 3 is 2.33 bits per heavy atom.